The van der Waals surface area contributed by atoms with Gasteiger partial charge in [-0.05, 0) is 17.7 Å². The smallest absolute Gasteiger partial charge is 0.254 e. The van der Waals surface area contributed by atoms with Crippen LogP contribution in [0.25, 0.3) is 0 Å². The molecule has 0 bridgehead atoms. The van der Waals surface area contributed by atoms with E-state index in [2.05, 4.69) is 10.3 Å². The number of methoxy groups -OCH3 is 1. The van der Waals surface area contributed by atoms with Crippen LogP contribution in [0.5, 0.6) is 5.75 Å². The summed E-state index contributed by atoms with van der Waals surface area (Å²) < 4.78 is 6.79. The molecule has 1 amide bonds. The summed E-state index contributed by atoms with van der Waals surface area (Å²) in [5.74, 6) is 1.40. The summed E-state index contributed by atoms with van der Waals surface area (Å²) in [7, 11) is 1.62. The number of nitrogens with zero attached hydrogens (tertiary/aromatic N) is 2. The Morgan fingerprint density at radius 1 is 1.33 bits per heavy atom. The van der Waals surface area contributed by atoms with Gasteiger partial charge >= 0.3 is 0 Å². The molecule has 1 unspecified atom stereocenters. The number of hydrogen-bond acceptors (Lipinski definition) is 5. The average Bonchev–Trinajstić information content (AvgIpc) is 3.03. The second-order valence-electron chi connectivity index (χ2n) is 7.68. The van der Waals surface area contributed by atoms with Gasteiger partial charge in [0.05, 0.1) is 18.8 Å². The van der Waals surface area contributed by atoms with E-state index in [1.807, 2.05) is 45.0 Å². The van der Waals surface area contributed by atoms with E-state index in [-0.39, 0.29) is 29.3 Å². The van der Waals surface area contributed by atoms with E-state index in [1.165, 1.54) is 11.8 Å². The molecule has 1 atom stereocenters. The van der Waals surface area contributed by atoms with Crippen molar-refractivity contribution in [1.29, 1.82) is 0 Å². The number of thioether (sulfide) groups is 1. The van der Waals surface area contributed by atoms with E-state index in [0.29, 0.717) is 17.5 Å². The van der Waals surface area contributed by atoms with Gasteiger partial charge in [-0.15, -0.1) is 0 Å². The van der Waals surface area contributed by atoms with E-state index in [9.17, 15) is 9.59 Å². The van der Waals surface area contributed by atoms with Gasteiger partial charge < -0.3 is 10.1 Å². The molecule has 3 rings (SSSR count). The summed E-state index contributed by atoms with van der Waals surface area (Å²) in [6.07, 6.45) is 0.270. The van der Waals surface area contributed by atoms with Crippen molar-refractivity contribution in [2.75, 3.05) is 12.9 Å². The van der Waals surface area contributed by atoms with Gasteiger partial charge in [0.25, 0.3) is 5.56 Å². The van der Waals surface area contributed by atoms with Crippen LogP contribution in [0.15, 0.2) is 40.3 Å². The molecule has 144 valence electrons. The molecule has 0 radical (unpaired) electrons. The normalized spacial score (nSPS) is 16.1. The second kappa shape index (κ2) is 7.76. The molecule has 1 aliphatic rings. The van der Waals surface area contributed by atoms with Gasteiger partial charge in [-0.1, -0.05) is 44.7 Å². The maximum atomic E-state index is 12.6. The lowest BCUT2D eigenvalue weighted by atomic mass is 9.92. The summed E-state index contributed by atoms with van der Waals surface area (Å²) in [6.45, 7) is 6.56. The van der Waals surface area contributed by atoms with Gasteiger partial charge in [-0.3, -0.25) is 14.2 Å². The van der Waals surface area contributed by atoms with Crippen LogP contribution in [0.3, 0.4) is 0 Å². The first-order valence-corrected chi connectivity index (χ1v) is 9.93. The summed E-state index contributed by atoms with van der Waals surface area (Å²) in [6, 6.07) is 9.00. The van der Waals surface area contributed by atoms with Gasteiger partial charge in [0.15, 0.2) is 5.16 Å². The Hall–Kier alpha value is -2.28. The fourth-order valence-electron chi connectivity index (χ4n) is 2.92. The van der Waals surface area contributed by atoms with E-state index < -0.39 is 0 Å². The SMILES string of the molecule is COc1ccc(CNC(=O)CC2CSc3nc(C(C)(C)C)cc(=O)n32)cc1. The Bertz CT molecular complexity index is 885. The highest BCUT2D eigenvalue weighted by molar-refractivity contribution is 7.99. The zero-order valence-electron chi connectivity index (χ0n) is 16.1. The van der Waals surface area contributed by atoms with E-state index in [0.717, 1.165) is 17.0 Å². The second-order valence-corrected chi connectivity index (χ2v) is 8.66. The Morgan fingerprint density at radius 3 is 2.67 bits per heavy atom. The Morgan fingerprint density at radius 2 is 2.04 bits per heavy atom. The van der Waals surface area contributed by atoms with Crippen LogP contribution >= 0.6 is 11.8 Å². The molecule has 27 heavy (non-hydrogen) atoms. The van der Waals surface area contributed by atoms with Crippen molar-refractivity contribution in [3.63, 3.8) is 0 Å². The van der Waals surface area contributed by atoms with Crippen molar-refractivity contribution < 1.29 is 9.53 Å². The number of ether oxygens (including phenoxy) is 1. The highest BCUT2D eigenvalue weighted by Crippen LogP contribution is 2.33. The summed E-state index contributed by atoms with van der Waals surface area (Å²) in [4.78, 5) is 29.6. The quantitative estimate of drug-likeness (QED) is 0.799. The number of benzene rings is 1. The first-order chi connectivity index (χ1) is 12.8. The fraction of sp³-hybridized carbons (Fsp3) is 0.450. The molecule has 6 nitrogen and oxygen atoms in total. The number of amides is 1. The minimum absolute atomic E-state index is 0.0731. The van der Waals surface area contributed by atoms with Crippen LogP contribution in [-0.4, -0.2) is 28.3 Å². The van der Waals surface area contributed by atoms with Crippen LogP contribution < -0.4 is 15.6 Å². The lowest BCUT2D eigenvalue weighted by Gasteiger charge is -2.19. The van der Waals surface area contributed by atoms with E-state index >= 15 is 0 Å². The molecule has 0 fully saturated rings. The highest BCUT2D eigenvalue weighted by atomic mass is 32.2. The minimum atomic E-state index is -0.177. The largest absolute Gasteiger partial charge is 0.497 e. The third-order valence-electron chi connectivity index (χ3n) is 4.53. The molecule has 0 aliphatic carbocycles. The third-order valence-corrected chi connectivity index (χ3v) is 5.63. The number of carbonyl (C=O) groups excluding carboxylic acids is 1. The van der Waals surface area contributed by atoms with Crippen molar-refractivity contribution in [3.8, 4) is 5.75 Å². The van der Waals surface area contributed by atoms with Crippen molar-refractivity contribution in [3.05, 3.63) is 51.9 Å². The maximum absolute atomic E-state index is 12.6. The van der Waals surface area contributed by atoms with Crippen LogP contribution in [0.4, 0.5) is 0 Å². The number of carbonyl (C=O) groups is 1. The first kappa shape index (κ1) is 19.5. The van der Waals surface area contributed by atoms with Gasteiger partial charge in [0.2, 0.25) is 5.91 Å². The summed E-state index contributed by atoms with van der Waals surface area (Å²) in [5.41, 5.74) is 1.53. The topological polar surface area (TPSA) is 73.2 Å². The van der Waals surface area contributed by atoms with Crippen LogP contribution in [0.2, 0.25) is 0 Å². The minimum Gasteiger partial charge on any atom is -0.497 e. The van der Waals surface area contributed by atoms with E-state index in [4.69, 9.17) is 4.74 Å². The molecular formula is C20H25N3O3S. The zero-order valence-corrected chi connectivity index (χ0v) is 16.9. The zero-order chi connectivity index (χ0) is 19.6. The monoisotopic (exact) mass is 387 g/mol. The Labute approximate surface area is 163 Å². The molecule has 2 heterocycles. The first-order valence-electron chi connectivity index (χ1n) is 8.94. The van der Waals surface area contributed by atoms with Gasteiger partial charge in [-0.2, -0.15) is 0 Å². The maximum Gasteiger partial charge on any atom is 0.254 e. The average molecular weight is 388 g/mol. The van der Waals surface area contributed by atoms with Crippen molar-refractivity contribution in [2.45, 2.75) is 50.4 Å². The van der Waals surface area contributed by atoms with Crippen LogP contribution in [0, 0.1) is 0 Å². The molecule has 1 aromatic carbocycles. The molecule has 0 saturated carbocycles. The van der Waals surface area contributed by atoms with Gasteiger partial charge in [0, 0.05) is 30.2 Å². The highest BCUT2D eigenvalue weighted by Gasteiger charge is 2.29. The standard InChI is InChI=1S/C20H25N3O3S/c1-20(2,3)16-10-18(25)23-14(12-27-19(23)22-16)9-17(24)21-11-13-5-7-15(26-4)8-6-13/h5-8,10,14H,9,11-12H2,1-4H3,(H,21,24). The number of fused-ring (bicyclic) bond motifs is 1. The Balaban J connectivity index is 1.64. The molecule has 2 aromatic rings. The van der Waals surface area contributed by atoms with Crippen LogP contribution in [0.1, 0.15) is 44.5 Å². The Kier molecular flexibility index (Phi) is 5.60. The van der Waals surface area contributed by atoms with E-state index in [1.54, 1.807) is 17.7 Å². The number of hydrogen-bond donors (Lipinski definition) is 1. The number of aromatic nitrogens is 2. The lowest BCUT2D eigenvalue weighted by Crippen LogP contribution is -2.31. The predicted molar refractivity (Wildman–Crippen MR) is 106 cm³/mol. The molecule has 1 aromatic heterocycles. The van der Waals surface area contributed by atoms with Crippen LogP contribution in [-0.2, 0) is 16.8 Å². The third kappa shape index (κ3) is 4.53. The van der Waals surface area contributed by atoms with Gasteiger partial charge in [-0.25, -0.2) is 4.98 Å². The summed E-state index contributed by atoms with van der Waals surface area (Å²) >= 11 is 1.54. The molecular weight excluding hydrogens is 362 g/mol. The number of rotatable bonds is 5. The molecule has 7 heteroatoms. The molecule has 0 saturated heterocycles. The summed E-state index contributed by atoms with van der Waals surface area (Å²) in [5, 5.41) is 3.63. The molecule has 0 spiro atoms. The fourth-order valence-corrected chi connectivity index (χ4v) is 4.07. The molecule has 1 aliphatic heterocycles. The van der Waals surface area contributed by atoms with Crippen molar-refractivity contribution in [2.24, 2.45) is 0 Å². The lowest BCUT2D eigenvalue weighted by molar-refractivity contribution is -0.121. The predicted octanol–water partition coefficient (Wildman–Crippen LogP) is 2.90. The van der Waals surface area contributed by atoms with Gasteiger partial charge in [0.1, 0.15) is 5.75 Å². The number of nitrogens with one attached hydrogen (secondary N) is 1. The van der Waals surface area contributed by atoms with Crippen molar-refractivity contribution in [1.82, 2.24) is 14.9 Å². The van der Waals surface area contributed by atoms with Crippen molar-refractivity contribution >= 4 is 17.7 Å². The molecule has 1 N–H and O–H groups in total.